The van der Waals surface area contributed by atoms with Crippen LogP contribution in [0.2, 0.25) is 0 Å². The fraction of sp³-hybridized carbons (Fsp3) is 0.368. The third-order valence-electron chi connectivity index (χ3n) is 4.54. The van der Waals surface area contributed by atoms with Crippen molar-refractivity contribution in [2.24, 2.45) is 5.73 Å². The van der Waals surface area contributed by atoms with E-state index >= 15 is 0 Å². The first-order valence-corrected chi connectivity index (χ1v) is 7.92. The first-order valence-electron chi connectivity index (χ1n) is 7.92. The summed E-state index contributed by atoms with van der Waals surface area (Å²) in [6.07, 6.45) is 1.05. The molecule has 2 N–H and O–H groups in total. The number of hydrogen-bond donors (Lipinski definition) is 1. The van der Waals surface area contributed by atoms with E-state index in [1.807, 2.05) is 12.1 Å². The highest BCUT2D eigenvalue weighted by Gasteiger charge is 2.30. The van der Waals surface area contributed by atoms with E-state index in [-0.39, 0.29) is 6.04 Å². The summed E-state index contributed by atoms with van der Waals surface area (Å²) in [5.74, 6) is 1.37. The second-order valence-electron chi connectivity index (χ2n) is 6.04. The number of nitrogens with two attached hydrogens (primary N) is 1. The zero-order chi connectivity index (χ0) is 15.4. The number of benzene rings is 2. The lowest BCUT2D eigenvalue weighted by Gasteiger charge is -2.16. The van der Waals surface area contributed by atoms with Gasteiger partial charge in [-0.25, -0.2) is 0 Å². The van der Waals surface area contributed by atoms with Crippen molar-refractivity contribution in [3.63, 3.8) is 0 Å². The number of methoxy groups -OCH3 is 1. The van der Waals surface area contributed by atoms with E-state index in [9.17, 15) is 0 Å². The van der Waals surface area contributed by atoms with Crippen LogP contribution in [0.3, 0.4) is 0 Å². The van der Waals surface area contributed by atoms with Crippen LogP contribution in [0, 0.1) is 0 Å². The van der Waals surface area contributed by atoms with Crippen molar-refractivity contribution in [2.45, 2.75) is 18.4 Å². The standard InChI is InChI=1S/C19H24N2O/c1-22-17-9-7-15(8-10-17)11-12-21-13-18(19(20)14-21)16-5-3-2-4-6-16/h2-10,18-19H,11-14,20H2,1H3/t18-,19+/m0/s1. The van der Waals surface area contributed by atoms with Gasteiger partial charge in [-0.15, -0.1) is 0 Å². The Morgan fingerprint density at radius 1 is 1.05 bits per heavy atom. The van der Waals surface area contributed by atoms with Gasteiger partial charge in [-0.3, -0.25) is 0 Å². The van der Waals surface area contributed by atoms with Crippen molar-refractivity contribution in [1.29, 1.82) is 0 Å². The molecule has 22 heavy (non-hydrogen) atoms. The Hall–Kier alpha value is -1.84. The first-order chi connectivity index (χ1) is 10.8. The first kappa shape index (κ1) is 15.1. The van der Waals surface area contributed by atoms with Crippen LogP contribution >= 0.6 is 0 Å². The Balaban J connectivity index is 1.56. The average molecular weight is 296 g/mol. The number of likely N-dealkylation sites (tertiary alicyclic amines) is 1. The van der Waals surface area contributed by atoms with Crippen LogP contribution in [0.15, 0.2) is 54.6 Å². The highest BCUT2D eigenvalue weighted by Crippen LogP contribution is 2.26. The van der Waals surface area contributed by atoms with Gasteiger partial charge in [0, 0.05) is 31.6 Å². The molecule has 0 spiro atoms. The summed E-state index contributed by atoms with van der Waals surface area (Å²) in [5.41, 5.74) is 9.06. The summed E-state index contributed by atoms with van der Waals surface area (Å²) in [6, 6.07) is 19.2. The lowest BCUT2D eigenvalue weighted by molar-refractivity contribution is 0.335. The zero-order valence-corrected chi connectivity index (χ0v) is 13.1. The molecule has 1 saturated heterocycles. The van der Waals surface area contributed by atoms with Gasteiger partial charge < -0.3 is 15.4 Å². The minimum atomic E-state index is 0.235. The van der Waals surface area contributed by atoms with Crippen molar-refractivity contribution in [3.05, 3.63) is 65.7 Å². The number of hydrogen-bond acceptors (Lipinski definition) is 3. The third-order valence-corrected chi connectivity index (χ3v) is 4.54. The summed E-state index contributed by atoms with van der Waals surface area (Å²) < 4.78 is 5.20. The maximum absolute atomic E-state index is 6.35. The average Bonchev–Trinajstić information content (AvgIpc) is 2.95. The predicted molar refractivity (Wildman–Crippen MR) is 90.3 cm³/mol. The molecule has 116 valence electrons. The number of ether oxygens (including phenoxy) is 1. The van der Waals surface area contributed by atoms with Gasteiger partial charge in [0.05, 0.1) is 7.11 Å². The molecule has 1 heterocycles. The molecule has 1 fully saturated rings. The van der Waals surface area contributed by atoms with Crippen LogP contribution < -0.4 is 10.5 Å². The third kappa shape index (κ3) is 3.49. The largest absolute Gasteiger partial charge is 0.497 e. The molecule has 0 saturated carbocycles. The molecular weight excluding hydrogens is 272 g/mol. The van der Waals surface area contributed by atoms with E-state index in [0.29, 0.717) is 5.92 Å². The van der Waals surface area contributed by atoms with Gasteiger partial charge in [-0.2, -0.15) is 0 Å². The minimum Gasteiger partial charge on any atom is -0.497 e. The molecule has 0 aliphatic carbocycles. The number of nitrogens with zero attached hydrogens (tertiary/aromatic N) is 1. The van der Waals surface area contributed by atoms with E-state index in [0.717, 1.165) is 31.8 Å². The minimum absolute atomic E-state index is 0.235. The lowest BCUT2D eigenvalue weighted by atomic mass is 9.95. The molecule has 3 heteroatoms. The molecule has 3 nitrogen and oxygen atoms in total. The summed E-state index contributed by atoms with van der Waals surface area (Å²) in [6.45, 7) is 3.10. The monoisotopic (exact) mass is 296 g/mol. The molecule has 0 radical (unpaired) electrons. The van der Waals surface area contributed by atoms with Gasteiger partial charge in [-0.05, 0) is 29.7 Å². The maximum atomic E-state index is 6.35. The quantitative estimate of drug-likeness (QED) is 0.922. The normalized spacial score (nSPS) is 21.9. The number of rotatable bonds is 5. The Bertz CT molecular complexity index is 582. The van der Waals surface area contributed by atoms with E-state index in [4.69, 9.17) is 10.5 Å². The molecule has 3 rings (SSSR count). The van der Waals surface area contributed by atoms with Crippen molar-refractivity contribution in [3.8, 4) is 5.75 Å². The fourth-order valence-corrected chi connectivity index (χ4v) is 3.23. The van der Waals surface area contributed by atoms with E-state index in [1.54, 1.807) is 7.11 Å². The SMILES string of the molecule is COc1ccc(CCN2C[C@@H](N)[C@H](c3ccccc3)C2)cc1. The Kier molecular flexibility index (Phi) is 4.76. The van der Waals surface area contributed by atoms with Gasteiger partial charge in [0.1, 0.15) is 5.75 Å². The summed E-state index contributed by atoms with van der Waals surface area (Å²) in [5, 5.41) is 0. The van der Waals surface area contributed by atoms with Crippen molar-refractivity contribution in [2.75, 3.05) is 26.7 Å². The van der Waals surface area contributed by atoms with Crippen LogP contribution in [0.25, 0.3) is 0 Å². The molecular formula is C19H24N2O. The van der Waals surface area contributed by atoms with Crippen LogP contribution in [-0.2, 0) is 6.42 Å². The van der Waals surface area contributed by atoms with Crippen molar-refractivity contribution >= 4 is 0 Å². The summed E-state index contributed by atoms with van der Waals surface area (Å²) in [4.78, 5) is 2.48. The smallest absolute Gasteiger partial charge is 0.118 e. The predicted octanol–water partition coefficient (Wildman–Crippen LogP) is 2.66. The molecule has 2 aromatic carbocycles. The molecule has 2 aromatic rings. The Morgan fingerprint density at radius 3 is 2.45 bits per heavy atom. The molecule has 0 unspecified atom stereocenters. The Labute approximate surface area is 132 Å². The topological polar surface area (TPSA) is 38.5 Å². The van der Waals surface area contributed by atoms with Gasteiger partial charge in [0.2, 0.25) is 0 Å². The van der Waals surface area contributed by atoms with Gasteiger partial charge in [0.25, 0.3) is 0 Å². The molecule has 0 aromatic heterocycles. The fourth-order valence-electron chi connectivity index (χ4n) is 3.23. The van der Waals surface area contributed by atoms with Crippen LogP contribution in [0.4, 0.5) is 0 Å². The highest BCUT2D eigenvalue weighted by atomic mass is 16.5. The van der Waals surface area contributed by atoms with Gasteiger partial charge in [0.15, 0.2) is 0 Å². The van der Waals surface area contributed by atoms with E-state index in [1.165, 1.54) is 11.1 Å². The highest BCUT2D eigenvalue weighted by molar-refractivity contribution is 5.27. The van der Waals surface area contributed by atoms with Crippen LogP contribution in [-0.4, -0.2) is 37.7 Å². The van der Waals surface area contributed by atoms with Crippen LogP contribution in [0.5, 0.6) is 5.75 Å². The summed E-state index contributed by atoms with van der Waals surface area (Å²) >= 11 is 0. The molecule has 0 amide bonds. The van der Waals surface area contributed by atoms with Crippen LogP contribution in [0.1, 0.15) is 17.0 Å². The van der Waals surface area contributed by atoms with E-state index in [2.05, 4.69) is 47.4 Å². The van der Waals surface area contributed by atoms with Crippen molar-refractivity contribution in [1.82, 2.24) is 4.90 Å². The zero-order valence-electron chi connectivity index (χ0n) is 13.1. The second-order valence-corrected chi connectivity index (χ2v) is 6.04. The second kappa shape index (κ2) is 6.95. The lowest BCUT2D eigenvalue weighted by Crippen LogP contribution is -2.29. The van der Waals surface area contributed by atoms with Gasteiger partial charge >= 0.3 is 0 Å². The summed E-state index contributed by atoms with van der Waals surface area (Å²) in [7, 11) is 1.70. The molecule has 0 bridgehead atoms. The molecule has 1 aliphatic heterocycles. The Morgan fingerprint density at radius 2 is 1.77 bits per heavy atom. The maximum Gasteiger partial charge on any atom is 0.118 e. The molecule has 1 aliphatic rings. The van der Waals surface area contributed by atoms with Gasteiger partial charge in [-0.1, -0.05) is 42.5 Å². The molecule has 2 atom stereocenters. The van der Waals surface area contributed by atoms with E-state index < -0.39 is 0 Å². The van der Waals surface area contributed by atoms with Crippen molar-refractivity contribution < 1.29 is 4.74 Å².